The molecule has 0 heterocycles. The fourth-order valence-electron chi connectivity index (χ4n) is 6.38. The number of hydrogen-bond acceptors (Lipinski definition) is 6. The van der Waals surface area contributed by atoms with Crippen LogP contribution in [0.4, 0.5) is 0 Å². The summed E-state index contributed by atoms with van der Waals surface area (Å²) < 4.78 is 16.7. The quantitative estimate of drug-likeness (QED) is 0.0199. The molecule has 0 radical (unpaired) electrons. The average molecular weight is 909 g/mol. The van der Waals surface area contributed by atoms with Crippen LogP contribution in [0.15, 0.2) is 146 Å². The van der Waals surface area contributed by atoms with Crippen molar-refractivity contribution in [3.63, 3.8) is 0 Å². The fourth-order valence-corrected chi connectivity index (χ4v) is 6.38. The van der Waals surface area contributed by atoms with Gasteiger partial charge < -0.3 is 14.2 Å². The molecule has 0 rings (SSSR count). The summed E-state index contributed by atoms with van der Waals surface area (Å²) >= 11 is 0. The first-order valence-corrected chi connectivity index (χ1v) is 26.0. The van der Waals surface area contributed by atoms with Crippen molar-refractivity contribution in [2.75, 3.05) is 13.2 Å². The minimum absolute atomic E-state index is 0.131. The van der Waals surface area contributed by atoms with Crippen molar-refractivity contribution >= 4 is 17.9 Å². The van der Waals surface area contributed by atoms with Crippen LogP contribution >= 0.6 is 0 Å². The van der Waals surface area contributed by atoms with Crippen molar-refractivity contribution in [1.82, 2.24) is 0 Å². The van der Waals surface area contributed by atoms with Gasteiger partial charge in [0.05, 0.1) is 0 Å². The van der Waals surface area contributed by atoms with Gasteiger partial charge in [-0.1, -0.05) is 231 Å². The lowest BCUT2D eigenvalue weighted by molar-refractivity contribution is -0.167. The van der Waals surface area contributed by atoms with Crippen molar-refractivity contribution < 1.29 is 28.6 Å². The minimum Gasteiger partial charge on any atom is -0.462 e. The van der Waals surface area contributed by atoms with E-state index in [2.05, 4.69) is 93.7 Å². The lowest BCUT2D eigenvalue weighted by Crippen LogP contribution is -2.30. The summed E-state index contributed by atoms with van der Waals surface area (Å²) in [6.45, 7) is 6.27. The highest BCUT2D eigenvalue weighted by molar-refractivity contribution is 5.71. The molecule has 0 aromatic carbocycles. The first-order valence-electron chi connectivity index (χ1n) is 26.0. The van der Waals surface area contributed by atoms with Crippen molar-refractivity contribution in [2.45, 2.75) is 200 Å². The maximum atomic E-state index is 12.8. The highest BCUT2D eigenvalue weighted by atomic mass is 16.6. The summed E-state index contributed by atoms with van der Waals surface area (Å²) in [6.07, 6.45) is 75.4. The molecular formula is C60H92O6. The molecule has 1 unspecified atom stereocenters. The molecule has 0 aromatic heterocycles. The Morgan fingerprint density at radius 3 is 1.18 bits per heavy atom. The third-order valence-electron chi connectivity index (χ3n) is 10.3. The van der Waals surface area contributed by atoms with Gasteiger partial charge in [0.1, 0.15) is 13.2 Å². The number of esters is 3. The minimum atomic E-state index is -0.838. The number of rotatable bonds is 44. The van der Waals surface area contributed by atoms with Crippen LogP contribution in [0.5, 0.6) is 0 Å². The molecular weight excluding hydrogens is 817 g/mol. The summed E-state index contributed by atoms with van der Waals surface area (Å²) in [5.74, 6) is -1.06. The molecule has 0 aliphatic heterocycles. The summed E-state index contributed by atoms with van der Waals surface area (Å²) in [7, 11) is 0. The Morgan fingerprint density at radius 2 is 0.697 bits per heavy atom. The Balaban J connectivity index is 4.61. The summed E-state index contributed by atoms with van der Waals surface area (Å²) in [5, 5.41) is 0. The normalized spacial score (nSPS) is 13.3. The molecule has 1 atom stereocenters. The molecule has 0 saturated heterocycles. The van der Waals surface area contributed by atoms with E-state index in [1.807, 2.05) is 72.9 Å². The standard InChI is InChI=1S/C60H92O6/c1-4-7-10-13-16-19-22-25-27-29-31-32-35-38-41-44-47-50-53-59(62)65-56-57(55-64-58(61)52-49-46-43-40-37-34-24-21-18-15-12-9-6-3)66-60(63)54-51-48-45-42-39-36-33-30-28-26-23-20-17-14-11-8-5-2/h9-10,12-13,15-16,18-19,21-22,24-29,31-34,36-37,42,45,57H,4-8,11,14,17,20,23,30,35,38-41,43-44,46-56H2,1-3H3/b12-9+,13-10+,18-15+,19-16+,24-21+,25-22+,28-26+,29-27+,32-31+,36-33+,37-34+,45-42+. The second-order valence-electron chi connectivity index (χ2n) is 16.6. The summed E-state index contributed by atoms with van der Waals surface area (Å²) in [4.78, 5) is 38.0. The van der Waals surface area contributed by atoms with Crippen LogP contribution in [-0.4, -0.2) is 37.2 Å². The zero-order chi connectivity index (χ0) is 47.9. The molecule has 368 valence electrons. The molecule has 0 N–H and O–H groups in total. The second-order valence-corrected chi connectivity index (χ2v) is 16.6. The topological polar surface area (TPSA) is 78.9 Å². The van der Waals surface area contributed by atoms with Crippen molar-refractivity contribution in [3.05, 3.63) is 146 Å². The third kappa shape index (κ3) is 50.3. The maximum Gasteiger partial charge on any atom is 0.306 e. The van der Waals surface area contributed by atoms with E-state index in [9.17, 15) is 14.4 Å². The van der Waals surface area contributed by atoms with Crippen LogP contribution in [0.25, 0.3) is 0 Å². The molecule has 0 bridgehead atoms. The van der Waals surface area contributed by atoms with Gasteiger partial charge in [0.2, 0.25) is 0 Å². The van der Waals surface area contributed by atoms with E-state index in [0.29, 0.717) is 12.8 Å². The van der Waals surface area contributed by atoms with Gasteiger partial charge >= 0.3 is 17.9 Å². The smallest absolute Gasteiger partial charge is 0.306 e. The van der Waals surface area contributed by atoms with E-state index in [1.165, 1.54) is 51.4 Å². The van der Waals surface area contributed by atoms with Gasteiger partial charge in [0.15, 0.2) is 6.10 Å². The number of carbonyl (C=O) groups excluding carboxylic acids is 3. The van der Waals surface area contributed by atoms with Crippen molar-refractivity contribution in [3.8, 4) is 0 Å². The Kier molecular flexibility index (Phi) is 49.1. The predicted octanol–water partition coefficient (Wildman–Crippen LogP) is 17.3. The molecule has 0 spiro atoms. The molecule has 6 nitrogen and oxygen atoms in total. The molecule has 66 heavy (non-hydrogen) atoms. The third-order valence-corrected chi connectivity index (χ3v) is 10.3. The van der Waals surface area contributed by atoms with Crippen molar-refractivity contribution in [2.24, 2.45) is 0 Å². The Bertz CT molecular complexity index is 1510. The van der Waals surface area contributed by atoms with E-state index < -0.39 is 6.10 Å². The highest BCUT2D eigenvalue weighted by Gasteiger charge is 2.19. The second kappa shape index (κ2) is 52.9. The van der Waals surface area contributed by atoms with Gasteiger partial charge in [-0.15, -0.1) is 0 Å². The van der Waals surface area contributed by atoms with Gasteiger partial charge in [-0.2, -0.15) is 0 Å². The Hall–Kier alpha value is -4.71. The number of unbranched alkanes of at least 4 members (excludes halogenated alkanes) is 16. The van der Waals surface area contributed by atoms with E-state index in [0.717, 1.165) is 96.3 Å². The predicted molar refractivity (Wildman–Crippen MR) is 283 cm³/mol. The van der Waals surface area contributed by atoms with E-state index in [-0.39, 0.29) is 44.0 Å². The zero-order valence-electron chi connectivity index (χ0n) is 41.9. The van der Waals surface area contributed by atoms with Crippen LogP contribution < -0.4 is 0 Å². The fraction of sp³-hybridized carbons (Fsp3) is 0.550. The Labute approximate surface area is 404 Å². The first kappa shape index (κ1) is 61.3. The molecule has 0 aliphatic carbocycles. The highest BCUT2D eigenvalue weighted by Crippen LogP contribution is 2.12. The molecule has 0 aromatic rings. The molecule has 0 fully saturated rings. The molecule has 0 amide bonds. The van der Waals surface area contributed by atoms with Crippen LogP contribution in [0.3, 0.4) is 0 Å². The van der Waals surface area contributed by atoms with E-state index in [1.54, 1.807) is 0 Å². The number of ether oxygens (including phenoxy) is 3. The van der Waals surface area contributed by atoms with Crippen LogP contribution in [0.2, 0.25) is 0 Å². The number of carbonyl (C=O) groups is 3. The van der Waals surface area contributed by atoms with Crippen LogP contribution in [0, 0.1) is 0 Å². The van der Waals surface area contributed by atoms with E-state index in [4.69, 9.17) is 14.2 Å². The average Bonchev–Trinajstić information content (AvgIpc) is 3.31. The van der Waals surface area contributed by atoms with Crippen molar-refractivity contribution in [1.29, 1.82) is 0 Å². The lowest BCUT2D eigenvalue weighted by atomic mass is 10.1. The van der Waals surface area contributed by atoms with Crippen LogP contribution in [0.1, 0.15) is 194 Å². The molecule has 0 aliphatic rings. The van der Waals surface area contributed by atoms with Crippen LogP contribution in [-0.2, 0) is 28.6 Å². The zero-order valence-corrected chi connectivity index (χ0v) is 41.9. The van der Waals surface area contributed by atoms with Gasteiger partial charge in [-0.25, -0.2) is 0 Å². The van der Waals surface area contributed by atoms with Gasteiger partial charge in [-0.3, -0.25) is 14.4 Å². The summed E-state index contributed by atoms with van der Waals surface area (Å²) in [6, 6.07) is 0. The number of allylic oxidation sites excluding steroid dienone is 24. The largest absolute Gasteiger partial charge is 0.462 e. The van der Waals surface area contributed by atoms with E-state index >= 15 is 0 Å². The Morgan fingerprint density at radius 1 is 0.333 bits per heavy atom. The van der Waals surface area contributed by atoms with Gasteiger partial charge in [0.25, 0.3) is 0 Å². The number of hydrogen-bond donors (Lipinski definition) is 0. The monoisotopic (exact) mass is 909 g/mol. The molecule has 6 heteroatoms. The molecule has 0 saturated carbocycles. The van der Waals surface area contributed by atoms with Gasteiger partial charge in [-0.05, 0) is 89.9 Å². The first-order chi connectivity index (χ1) is 32.5. The summed E-state index contributed by atoms with van der Waals surface area (Å²) in [5.41, 5.74) is 0. The van der Waals surface area contributed by atoms with Gasteiger partial charge in [0, 0.05) is 19.3 Å². The maximum absolute atomic E-state index is 12.8. The SMILES string of the molecule is CC/C=C/C=C/C=C/C=C/CCCCCC(=O)OCC(COC(=O)CCCCCCC/C=C/C=C/C=C/C=C/C=C/CCC)OC(=O)CCC/C=C/C/C=C/C/C=C/CCCCCCCC. The lowest BCUT2D eigenvalue weighted by Gasteiger charge is -2.18.